The van der Waals surface area contributed by atoms with Gasteiger partial charge in [-0.1, -0.05) is 37.7 Å². The van der Waals surface area contributed by atoms with E-state index >= 15 is 0 Å². The van der Waals surface area contributed by atoms with Crippen LogP contribution in [0.2, 0.25) is 0 Å². The van der Waals surface area contributed by atoms with Crippen molar-refractivity contribution in [3.8, 4) is 11.4 Å². The summed E-state index contributed by atoms with van der Waals surface area (Å²) in [6.07, 6.45) is 4.43. The Morgan fingerprint density at radius 2 is 2.04 bits per heavy atom. The van der Waals surface area contributed by atoms with Gasteiger partial charge in [-0.2, -0.15) is 0 Å². The average Bonchev–Trinajstić information content (AvgIpc) is 3.07. The Balaban J connectivity index is 1.57. The maximum Gasteiger partial charge on any atom is 0.234 e. The van der Waals surface area contributed by atoms with Crippen LogP contribution in [0.1, 0.15) is 31.7 Å². The van der Waals surface area contributed by atoms with E-state index in [0.717, 1.165) is 17.7 Å². The minimum absolute atomic E-state index is 0.123. The van der Waals surface area contributed by atoms with Crippen molar-refractivity contribution in [1.29, 1.82) is 0 Å². The van der Waals surface area contributed by atoms with Gasteiger partial charge in [0.15, 0.2) is 5.82 Å². The zero-order chi connectivity index (χ0) is 19.2. The second-order valence-electron chi connectivity index (χ2n) is 6.19. The number of nitrogens with zero attached hydrogens (tertiary/aromatic N) is 4. The summed E-state index contributed by atoms with van der Waals surface area (Å²) < 4.78 is 1.37. The molecule has 2 heterocycles. The van der Waals surface area contributed by atoms with Gasteiger partial charge in [0.1, 0.15) is 0 Å². The summed E-state index contributed by atoms with van der Waals surface area (Å²) >= 11 is 1.23. The Hall–Kier alpha value is -2.87. The molecule has 0 saturated carbocycles. The number of hydrogen-bond acceptors (Lipinski definition) is 6. The van der Waals surface area contributed by atoms with Crippen LogP contribution >= 0.6 is 11.8 Å². The molecule has 0 aliphatic heterocycles. The van der Waals surface area contributed by atoms with Crippen LogP contribution in [0, 0.1) is 0 Å². The molecule has 1 amide bonds. The normalized spacial score (nSPS) is 11.9. The number of aromatic nitrogens is 4. The summed E-state index contributed by atoms with van der Waals surface area (Å²) in [7, 11) is 0. The monoisotopic (exact) mass is 382 g/mol. The number of anilines is 1. The third-order valence-electron chi connectivity index (χ3n) is 4.29. The zero-order valence-electron chi connectivity index (χ0n) is 15.3. The number of thioether (sulfide) groups is 1. The first kappa shape index (κ1) is 18.9. The summed E-state index contributed by atoms with van der Waals surface area (Å²) in [5.74, 6) is 7.13. The molecule has 0 aliphatic carbocycles. The number of nitrogens with two attached hydrogens (primary N) is 1. The van der Waals surface area contributed by atoms with E-state index in [1.54, 1.807) is 18.5 Å². The van der Waals surface area contributed by atoms with E-state index in [1.165, 1.54) is 22.0 Å². The van der Waals surface area contributed by atoms with Crippen LogP contribution in [-0.4, -0.2) is 31.5 Å². The van der Waals surface area contributed by atoms with Crippen molar-refractivity contribution in [3.63, 3.8) is 0 Å². The highest BCUT2D eigenvalue weighted by Crippen LogP contribution is 2.22. The van der Waals surface area contributed by atoms with Crippen LogP contribution in [0.25, 0.3) is 11.4 Å². The standard InChI is InChI=1S/C19H22N6OS/c1-3-13(2)14-6-8-16(9-7-14)22-17(26)12-27-19-24-23-18(25(19)20)15-5-4-10-21-11-15/h4-11,13H,3,12,20H2,1-2H3,(H,22,26)/t13-/m0/s1. The van der Waals surface area contributed by atoms with E-state index in [1.807, 2.05) is 30.3 Å². The minimum atomic E-state index is -0.123. The van der Waals surface area contributed by atoms with Crippen LogP contribution in [0.15, 0.2) is 53.9 Å². The summed E-state index contributed by atoms with van der Waals surface area (Å²) in [6, 6.07) is 11.6. The largest absolute Gasteiger partial charge is 0.335 e. The third kappa shape index (κ3) is 4.65. The maximum absolute atomic E-state index is 12.2. The van der Waals surface area contributed by atoms with Crippen molar-refractivity contribution in [2.24, 2.45) is 0 Å². The van der Waals surface area contributed by atoms with Crippen molar-refractivity contribution in [1.82, 2.24) is 19.9 Å². The molecule has 8 heteroatoms. The van der Waals surface area contributed by atoms with E-state index in [-0.39, 0.29) is 11.7 Å². The Kier molecular flexibility index (Phi) is 6.08. The fourth-order valence-electron chi connectivity index (χ4n) is 2.53. The zero-order valence-corrected chi connectivity index (χ0v) is 16.1. The number of benzene rings is 1. The van der Waals surface area contributed by atoms with Gasteiger partial charge in [0.05, 0.1) is 5.75 Å². The third-order valence-corrected chi connectivity index (χ3v) is 5.24. The molecule has 0 aliphatic rings. The second kappa shape index (κ2) is 8.68. The van der Waals surface area contributed by atoms with Crippen LogP contribution in [0.4, 0.5) is 5.69 Å². The molecule has 3 rings (SSSR count). The van der Waals surface area contributed by atoms with E-state index in [2.05, 4.69) is 34.3 Å². The second-order valence-corrected chi connectivity index (χ2v) is 7.13. The van der Waals surface area contributed by atoms with Crippen LogP contribution in [0.3, 0.4) is 0 Å². The lowest BCUT2D eigenvalue weighted by molar-refractivity contribution is -0.113. The van der Waals surface area contributed by atoms with Crippen molar-refractivity contribution in [2.75, 3.05) is 16.9 Å². The molecule has 1 aromatic carbocycles. The Bertz CT molecular complexity index is 894. The van der Waals surface area contributed by atoms with Gasteiger partial charge in [0.2, 0.25) is 11.1 Å². The van der Waals surface area contributed by atoms with E-state index in [9.17, 15) is 4.79 Å². The van der Waals surface area contributed by atoms with Gasteiger partial charge in [0, 0.05) is 23.6 Å². The first-order chi connectivity index (χ1) is 13.1. The summed E-state index contributed by atoms with van der Waals surface area (Å²) in [6.45, 7) is 4.35. The predicted octanol–water partition coefficient (Wildman–Crippen LogP) is 3.30. The highest BCUT2D eigenvalue weighted by molar-refractivity contribution is 7.99. The van der Waals surface area contributed by atoms with E-state index < -0.39 is 0 Å². The molecule has 27 heavy (non-hydrogen) atoms. The summed E-state index contributed by atoms with van der Waals surface area (Å²) in [5, 5.41) is 11.5. The van der Waals surface area contributed by atoms with Gasteiger partial charge in [-0.15, -0.1) is 10.2 Å². The predicted molar refractivity (Wildman–Crippen MR) is 108 cm³/mol. The molecule has 2 aromatic heterocycles. The molecule has 0 fully saturated rings. The SMILES string of the molecule is CC[C@H](C)c1ccc(NC(=O)CSc2nnc(-c3cccnc3)n2N)cc1. The quantitative estimate of drug-likeness (QED) is 0.480. The fourth-order valence-corrected chi connectivity index (χ4v) is 3.18. The number of amides is 1. The molecule has 0 bridgehead atoms. The van der Waals surface area contributed by atoms with Gasteiger partial charge in [-0.05, 0) is 42.2 Å². The highest BCUT2D eigenvalue weighted by atomic mass is 32.2. The van der Waals surface area contributed by atoms with Crippen LogP contribution < -0.4 is 11.2 Å². The van der Waals surface area contributed by atoms with Gasteiger partial charge in [-0.25, -0.2) is 4.68 Å². The molecule has 0 radical (unpaired) electrons. The lowest BCUT2D eigenvalue weighted by Gasteiger charge is -2.10. The van der Waals surface area contributed by atoms with Crippen LogP contribution in [-0.2, 0) is 4.79 Å². The number of carbonyl (C=O) groups excluding carboxylic acids is 1. The van der Waals surface area contributed by atoms with Crippen molar-refractivity contribution < 1.29 is 4.79 Å². The lowest BCUT2D eigenvalue weighted by atomic mass is 9.99. The molecule has 0 spiro atoms. The average molecular weight is 382 g/mol. The van der Waals surface area contributed by atoms with Crippen molar-refractivity contribution >= 4 is 23.4 Å². The fraction of sp³-hybridized carbons (Fsp3) is 0.263. The maximum atomic E-state index is 12.2. The molecule has 7 nitrogen and oxygen atoms in total. The molecular formula is C19H22N6OS. The highest BCUT2D eigenvalue weighted by Gasteiger charge is 2.14. The number of nitrogen functional groups attached to an aromatic ring is 1. The lowest BCUT2D eigenvalue weighted by Crippen LogP contribution is -2.16. The molecule has 140 valence electrons. The summed E-state index contributed by atoms with van der Waals surface area (Å²) in [4.78, 5) is 16.3. The van der Waals surface area contributed by atoms with Gasteiger partial charge >= 0.3 is 0 Å². The molecule has 3 N–H and O–H groups in total. The Morgan fingerprint density at radius 1 is 1.26 bits per heavy atom. The van der Waals surface area contributed by atoms with Crippen LogP contribution in [0.5, 0.6) is 0 Å². The number of hydrogen-bond donors (Lipinski definition) is 2. The molecule has 3 aromatic rings. The van der Waals surface area contributed by atoms with Gasteiger partial charge in [0.25, 0.3) is 0 Å². The van der Waals surface area contributed by atoms with E-state index in [0.29, 0.717) is 16.9 Å². The number of pyridine rings is 1. The molecule has 1 atom stereocenters. The number of carbonyl (C=O) groups is 1. The Morgan fingerprint density at radius 3 is 2.70 bits per heavy atom. The number of nitrogens with one attached hydrogen (secondary N) is 1. The molecule has 0 saturated heterocycles. The smallest absolute Gasteiger partial charge is 0.234 e. The topological polar surface area (TPSA) is 98.7 Å². The van der Waals surface area contributed by atoms with Gasteiger partial charge < -0.3 is 11.2 Å². The molecular weight excluding hydrogens is 360 g/mol. The summed E-state index contributed by atoms with van der Waals surface area (Å²) in [5.41, 5.74) is 2.81. The van der Waals surface area contributed by atoms with Crippen molar-refractivity contribution in [3.05, 3.63) is 54.4 Å². The number of rotatable bonds is 7. The van der Waals surface area contributed by atoms with Gasteiger partial charge in [-0.3, -0.25) is 9.78 Å². The minimum Gasteiger partial charge on any atom is -0.335 e. The first-order valence-corrected chi connectivity index (χ1v) is 9.70. The first-order valence-electron chi connectivity index (χ1n) is 8.72. The Labute approximate surface area is 162 Å². The van der Waals surface area contributed by atoms with E-state index in [4.69, 9.17) is 5.84 Å². The molecule has 0 unspecified atom stereocenters. The van der Waals surface area contributed by atoms with Crippen molar-refractivity contribution in [2.45, 2.75) is 31.3 Å².